The van der Waals surface area contributed by atoms with Gasteiger partial charge in [-0.05, 0) is 169 Å². The molecule has 8 aliphatic carbocycles. The van der Waals surface area contributed by atoms with Crippen LogP contribution in [0.3, 0.4) is 0 Å². The number of aliphatic hydroxyl groups excluding tert-OH is 2. The Morgan fingerprint density at radius 2 is 0.968 bits per heavy atom. The predicted molar refractivity (Wildman–Crippen MR) is 236 cm³/mol. The molecule has 10 aliphatic rings. The van der Waals surface area contributed by atoms with Gasteiger partial charge in [0.2, 0.25) is 0 Å². The number of unbranched alkanes of at least 4 members (excludes halogenated alkanes) is 2. The average Bonchev–Trinajstić information content (AvgIpc) is 4.00. The second kappa shape index (κ2) is 15.5. The third-order valence-electron chi connectivity index (χ3n) is 21.0. The first-order valence-electron chi connectivity index (χ1n) is 25.0. The molecule has 2 aliphatic heterocycles. The van der Waals surface area contributed by atoms with Gasteiger partial charge in [0.1, 0.15) is 13.2 Å². The van der Waals surface area contributed by atoms with Crippen LogP contribution < -0.4 is 0 Å². The molecule has 0 bridgehead atoms. The molecule has 8 fully saturated rings. The van der Waals surface area contributed by atoms with Crippen LogP contribution in [-0.4, -0.2) is 116 Å². The second-order valence-corrected chi connectivity index (χ2v) is 23.2. The van der Waals surface area contributed by atoms with Gasteiger partial charge in [0.05, 0.1) is 34.6 Å². The molecule has 6 N–H and O–H groups in total. The summed E-state index contributed by atoms with van der Waals surface area (Å²) in [6.45, 7) is 6.29. The SMILES string of the molecule is C[C@]12CC[C@H]3[C@@H](CC[C@@]4(O)C[C@@H](O)CC[C@]34C=NCCCCCN=C[C@]34CC[C@@H](O)C[C@@]3(O)CC[C@H]3[C@@H]4CC[C@]4(C)[C@H](C5=CC(=O)OC5)CC[C@]34O)[C@]1(O)CC[C@H]2C1=CC(=O)OC1. The number of rotatable bonds is 10. The van der Waals surface area contributed by atoms with Gasteiger partial charge in [-0.25, -0.2) is 9.59 Å². The Morgan fingerprint density at radius 3 is 1.37 bits per heavy atom. The minimum absolute atomic E-state index is 0.00329. The first-order chi connectivity index (χ1) is 30.0. The lowest BCUT2D eigenvalue weighted by Gasteiger charge is -2.65. The van der Waals surface area contributed by atoms with Gasteiger partial charge in [0.25, 0.3) is 0 Å². The van der Waals surface area contributed by atoms with Crippen molar-refractivity contribution in [2.45, 2.75) is 183 Å². The molecule has 12 nitrogen and oxygen atoms in total. The van der Waals surface area contributed by atoms with Gasteiger partial charge in [-0.15, -0.1) is 0 Å². The van der Waals surface area contributed by atoms with E-state index in [-0.39, 0.29) is 58.3 Å². The Labute approximate surface area is 373 Å². The van der Waals surface area contributed by atoms with Crippen molar-refractivity contribution >= 4 is 24.4 Å². The van der Waals surface area contributed by atoms with Crippen molar-refractivity contribution in [1.29, 1.82) is 0 Å². The maximum absolute atomic E-state index is 12.8. The molecule has 12 heteroatoms. The Morgan fingerprint density at radius 1 is 0.556 bits per heavy atom. The number of hydrogen-bond acceptors (Lipinski definition) is 12. The van der Waals surface area contributed by atoms with E-state index in [9.17, 15) is 40.2 Å². The molecule has 0 spiro atoms. The highest BCUT2D eigenvalue weighted by Crippen LogP contribution is 2.72. The predicted octanol–water partition coefficient (Wildman–Crippen LogP) is 5.72. The molecular weight excluding hydrogens is 801 g/mol. The zero-order valence-electron chi connectivity index (χ0n) is 37.8. The van der Waals surface area contributed by atoms with Gasteiger partial charge in [0.15, 0.2) is 0 Å². The largest absolute Gasteiger partial charge is 0.458 e. The molecule has 348 valence electrons. The molecule has 0 aromatic carbocycles. The quantitative estimate of drug-likeness (QED) is 0.0897. The topological polar surface area (TPSA) is 199 Å². The van der Waals surface area contributed by atoms with Crippen molar-refractivity contribution in [1.82, 2.24) is 0 Å². The van der Waals surface area contributed by atoms with E-state index in [0.29, 0.717) is 103 Å². The number of aliphatic hydroxyl groups is 6. The van der Waals surface area contributed by atoms with Crippen LogP contribution in [0.4, 0.5) is 0 Å². The molecule has 0 aromatic rings. The Hall–Kier alpha value is -2.48. The number of ether oxygens (including phenoxy) is 2. The summed E-state index contributed by atoms with van der Waals surface area (Å²) in [5.41, 5.74) is -3.97. The summed E-state index contributed by atoms with van der Waals surface area (Å²) in [6, 6.07) is 0. The van der Waals surface area contributed by atoms with E-state index in [1.54, 1.807) is 12.2 Å². The normalized spacial score (nSPS) is 51.4. The van der Waals surface area contributed by atoms with Crippen molar-refractivity contribution in [2.24, 2.45) is 67.2 Å². The number of cyclic esters (lactones) is 2. The highest BCUT2D eigenvalue weighted by molar-refractivity contribution is 5.86. The molecule has 63 heavy (non-hydrogen) atoms. The summed E-state index contributed by atoms with van der Waals surface area (Å²) in [4.78, 5) is 34.2. The molecule has 10 rings (SSSR count). The molecule has 0 saturated heterocycles. The zero-order valence-corrected chi connectivity index (χ0v) is 37.8. The lowest BCUT2D eigenvalue weighted by Crippen LogP contribution is -2.68. The standard InChI is InChI=1S/C51H74N2O10/c1-44-14-8-38-40(50(44,60)20-12-36(44)32-24-42(56)62-28-32)10-18-48(58)26-34(54)6-16-46(38,48)30-52-22-4-3-5-23-53-31-47-17-7-35(55)27-49(47,59)19-11-41-39(47)9-15-45(2)37(13-21-51(41,45)61)33-25-43(57)63-29-33/h24-25,30-31,34-41,54-55,58-61H,3-23,26-29H2,1-2H3/t34-,35+,36-,37-,38-,39-,40+,41-,44+,45+,46-,47-,48+,49-,50+,51-/m0/s1. The highest BCUT2D eigenvalue weighted by atomic mass is 16.5. The summed E-state index contributed by atoms with van der Waals surface area (Å²) >= 11 is 0. The first-order valence-corrected chi connectivity index (χ1v) is 25.0. The molecular formula is C51H74N2O10. The van der Waals surface area contributed by atoms with E-state index < -0.39 is 45.4 Å². The van der Waals surface area contributed by atoms with Crippen LogP contribution in [0.25, 0.3) is 0 Å². The molecule has 0 unspecified atom stereocenters. The third-order valence-corrected chi connectivity index (χ3v) is 21.0. The second-order valence-electron chi connectivity index (χ2n) is 23.2. The fourth-order valence-corrected chi connectivity index (χ4v) is 17.8. The Balaban J connectivity index is 0.800. The van der Waals surface area contributed by atoms with Gasteiger partial charge >= 0.3 is 11.9 Å². The van der Waals surface area contributed by atoms with Crippen LogP contribution in [0.5, 0.6) is 0 Å². The minimum Gasteiger partial charge on any atom is -0.458 e. The van der Waals surface area contributed by atoms with Crippen LogP contribution in [-0.2, 0) is 19.1 Å². The van der Waals surface area contributed by atoms with Gasteiger partial charge < -0.3 is 40.1 Å². The van der Waals surface area contributed by atoms with Crippen LogP contribution in [0.2, 0.25) is 0 Å². The first kappa shape index (κ1) is 44.4. The lowest BCUT2D eigenvalue weighted by atomic mass is 9.41. The number of carbonyl (C=O) groups is 2. The van der Waals surface area contributed by atoms with Crippen LogP contribution in [0, 0.1) is 57.2 Å². The molecule has 0 amide bonds. The smallest absolute Gasteiger partial charge is 0.331 e. The number of carbonyl (C=O) groups excluding carboxylic acids is 2. The zero-order chi connectivity index (χ0) is 44.3. The van der Waals surface area contributed by atoms with Crippen LogP contribution in [0.15, 0.2) is 33.3 Å². The Bertz CT molecular complexity index is 1830. The fraction of sp³-hybridized carbons (Fsp3) is 0.843. The van der Waals surface area contributed by atoms with Crippen LogP contribution >= 0.6 is 0 Å². The molecule has 0 radical (unpaired) electrons. The van der Waals surface area contributed by atoms with Gasteiger partial charge in [-0.1, -0.05) is 13.8 Å². The molecule has 0 aromatic heterocycles. The maximum Gasteiger partial charge on any atom is 0.331 e. The molecule has 2 heterocycles. The Kier molecular flexibility index (Phi) is 10.9. The number of aliphatic imine (C=N–C) groups is 2. The van der Waals surface area contributed by atoms with Gasteiger partial charge in [-0.2, -0.15) is 0 Å². The van der Waals surface area contributed by atoms with E-state index in [1.165, 1.54) is 0 Å². The number of nitrogens with zero attached hydrogens (tertiary/aromatic N) is 2. The third kappa shape index (κ3) is 6.39. The average molecular weight is 875 g/mol. The van der Waals surface area contributed by atoms with Crippen molar-refractivity contribution < 1.29 is 49.7 Å². The summed E-state index contributed by atoms with van der Waals surface area (Å²) < 4.78 is 10.6. The lowest BCUT2D eigenvalue weighted by molar-refractivity contribution is -0.237. The monoisotopic (exact) mass is 875 g/mol. The van der Waals surface area contributed by atoms with E-state index in [4.69, 9.17) is 19.5 Å². The fourth-order valence-electron chi connectivity index (χ4n) is 17.8. The molecule has 16 atom stereocenters. The number of hydrogen-bond donors (Lipinski definition) is 6. The van der Waals surface area contributed by atoms with Crippen molar-refractivity contribution in [3.05, 3.63) is 23.3 Å². The van der Waals surface area contributed by atoms with Gasteiger partial charge in [-0.3, -0.25) is 9.98 Å². The number of fused-ring (bicyclic) bond motifs is 10. The summed E-state index contributed by atoms with van der Waals surface area (Å²) in [6.07, 6.45) is 20.9. The van der Waals surface area contributed by atoms with Crippen molar-refractivity contribution in [2.75, 3.05) is 26.3 Å². The van der Waals surface area contributed by atoms with Crippen LogP contribution in [0.1, 0.15) is 149 Å². The summed E-state index contributed by atoms with van der Waals surface area (Å²) in [5.74, 6) is -0.296. The molecule has 8 saturated carbocycles. The van der Waals surface area contributed by atoms with E-state index in [1.807, 2.05) is 0 Å². The van der Waals surface area contributed by atoms with Crippen molar-refractivity contribution in [3.8, 4) is 0 Å². The van der Waals surface area contributed by atoms with Crippen molar-refractivity contribution in [3.63, 3.8) is 0 Å². The highest BCUT2D eigenvalue weighted by Gasteiger charge is 2.73. The summed E-state index contributed by atoms with van der Waals surface area (Å²) in [5, 5.41) is 72.1. The van der Waals surface area contributed by atoms with Gasteiger partial charge in [0, 0.05) is 72.2 Å². The number of esters is 2. The van der Waals surface area contributed by atoms with E-state index in [0.717, 1.165) is 68.9 Å². The summed E-state index contributed by atoms with van der Waals surface area (Å²) in [7, 11) is 0. The maximum atomic E-state index is 12.8. The van der Waals surface area contributed by atoms with E-state index >= 15 is 0 Å². The minimum atomic E-state index is -1.08. The van der Waals surface area contributed by atoms with E-state index in [2.05, 4.69) is 26.3 Å².